The summed E-state index contributed by atoms with van der Waals surface area (Å²) in [6.45, 7) is 0. The van der Waals surface area contributed by atoms with E-state index >= 15 is 0 Å². The van der Waals surface area contributed by atoms with Gasteiger partial charge in [-0.15, -0.1) is 0 Å². The molecule has 2 amide bonds. The molecule has 0 unspecified atom stereocenters. The van der Waals surface area contributed by atoms with Gasteiger partial charge in [-0.05, 0) is 48.5 Å². The monoisotopic (exact) mass is 451 g/mol. The van der Waals surface area contributed by atoms with Crippen LogP contribution >= 0.6 is 11.6 Å². The van der Waals surface area contributed by atoms with Gasteiger partial charge in [0, 0.05) is 23.6 Å². The lowest BCUT2D eigenvalue weighted by atomic mass is 10.2. The topological polar surface area (TPSA) is 101 Å². The van der Waals surface area contributed by atoms with Crippen molar-refractivity contribution in [2.45, 2.75) is 6.18 Å². The molecule has 1 heterocycles. The highest BCUT2D eigenvalue weighted by Gasteiger charge is 2.33. The number of amides is 2. The fourth-order valence-electron chi connectivity index (χ4n) is 2.45. The third-order valence-corrected chi connectivity index (χ3v) is 4.16. The average molecular weight is 452 g/mol. The minimum atomic E-state index is -4.65. The van der Waals surface area contributed by atoms with Gasteiger partial charge in [0.1, 0.15) is 11.5 Å². The number of hydrogen-bond acceptors (Lipinski definition) is 4. The maximum absolute atomic E-state index is 12.9. The minimum Gasteiger partial charge on any atom is -0.477 e. The summed E-state index contributed by atoms with van der Waals surface area (Å²) in [6.07, 6.45) is -3.36. The number of pyridine rings is 1. The van der Waals surface area contributed by atoms with Gasteiger partial charge in [-0.3, -0.25) is 0 Å². The molecule has 0 radical (unpaired) electrons. The van der Waals surface area contributed by atoms with Gasteiger partial charge >= 0.3 is 18.2 Å². The molecule has 0 aliphatic rings. The number of nitrogens with zero attached hydrogens (tertiary/aromatic N) is 1. The molecule has 3 rings (SSSR count). The molecule has 3 N–H and O–H groups in total. The zero-order chi connectivity index (χ0) is 22.6. The largest absolute Gasteiger partial charge is 0.477 e. The molecule has 0 aliphatic carbocycles. The van der Waals surface area contributed by atoms with Crippen molar-refractivity contribution in [3.8, 4) is 11.5 Å². The molecule has 11 heteroatoms. The van der Waals surface area contributed by atoms with Gasteiger partial charge in [0.15, 0.2) is 5.69 Å². The predicted octanol–water partition coefficient (Wildman–Crippen LogP) is 5.89. The zero-order valence-electron chi connectivity index (χ0n) is 15.4. The number of nitrogens with one attached hydrogen (secondary N) is 2. The first-order valence-electron chi connectivity index (χ1n) is 8.54. The van der Waals surface area contributed by atoms with Gasteiger partial charge < -0.3 is 20.5 Å². The molecule has 7 nitrogen and oxygen atoms in total. The Hall–Kier alpha value is -3.79. The van der Waals surface area contributed by atoms with Crippen molar-refractivity contribution in [1.82, 2.24) is 4.98 Å². The first-order valence-corrected chi connectivity index (χ1v) is 8.91. The van der Waals surface area contributed by atoms with Gasteiger partial charge in [-0.2, -0.15) is 13.2 Å². The van der Waals surface area contributed by atoms with Crippen LogP contribution in [-0.4, -0.2) is 22.1 Å². The highest BCUT2D eigenvalue weighted by atomic mass is 35.5. The summed E-state index contributed by atoms with van der Waals surface area (Å²) in [5.74, 6) is -0.575. The molecule has 0 spiro atoms. The van der Waals surface area contributed by atoms with Crippen molar-refractivity contribution in [3.63, 3.8) is 0 Å². The van der Waals surface area contributed by atoms with Gasteiger partial charge in [-0.1, -0.05) is 11.6 Å². The Morgan fingerprint density at radius 2 is 1.58 bits per heavy atom. The second-order valence-corrected chi connectivity index (χ2v) is 6.49. The number of carboxylic acids is 1. The third-order valence-electron chi connectivity index (χ3n) is 3.83. The van der Waals surface area contributed by atoms with Crippen LogP contribution in [0.5, 0.6) is 11.5 Å². The van der Waals surface area contributed by atoms with Crippen LogP contribution in [0.3, 0.4) is 0 Å². The van der Waals surface area contributed by atoms with Crippen LogP contribution in [0.25, 0.3) is 0 Å². The number of rotatable bonds is 5. The summed E-state index contributed by atoms with van der Waals surface area (Å²) < 4.78 is 44.3. The predicted molar refractivity (Wildman–Crippen MR) is 107 cm³/mol. The second kappa shape index (κ2) is 8.92. The maximum atomic E-state index is 12.9. The van der Waals surface area contributed by atoms with Crippen molar-refractivity contribution in [2.75, 3.05) is 10.6 Å². The number of carbonyl (C=O) groups excluding carboxylic acids is 1. The molecule has 0 atom stereocenters. The summed E-state index contributed by atoms with van der Waals surface area (Å²) >= 11 is 5.55. The fraction of sp³-hybridized carbons (Fsp3) is 0.0500. The number of alkyl halides is 3. The van der Waals surface area contributed by atoms with Crippen molar-refractivity contribution in [1.29, 1.82) is 0 Å². The SMILES string of the molecule is O=C(Nc1ccc(Oc2ccnc(C(=O)O)c2)cc1)Nc1ccc(Cl)c(C(F)(F)F)c1. The van der Waals surface area contributed by atoms with E-state index in [1.807, 2.05) is 0 Å². The molecule has 0 saturated heterocycles. The Morgan fingerprint density at radius 3 is 2.23 bits per heavy atom. The number of carbonyl (C=O) groups is 2. The Morgan fingerprint density at radius 1 is 0.935 bits per heavy atom. The molecular formula is C20H13ClF3N3O4. The number of halogens is 4. The highest BCUT2D eigenvalue weighted by molar-refractivity contribution is 6.31. The molecule has 31 heavy (non-hydrogen) atoms. The Balaban J connectivity index is 1.63. The van der Waals surface area contributed by atoms with Gasteiger partial charge in [0.25, 0.3) is 0 Å². The van der Waals surface area contributed by atoms with Crippen LogP contribution in [-0.2, 0) is 6.18 Å². The van der Waals surface area contributed by atoms with Gasteiger partial charge in [-0.25, -0.2) is 14.6 Å². The standard InChI is InChI=1S/C20H13ClF3N3O4/c21-16-6-3-12(9-15(16)20(22,23)24)27-19(30)26-11-1-4-13(5-2-11)31-14-7-8-25-17(10-14)18(28)29/h1-10H,(H,28,29)(H2,26,27,30). The number of aromatic nitrogens is 1. The van der Waals surface area contributed by atoms with Crippen LogP contribution in [0.15, 0.2) is 60.8 Å². The average Bonchev–Trinajstić information content (AvgIpc) is 2.70. The molecule has 160 valence electrons. The Labute approximate surface area is 178 Å². The molecular weight excluding hydrogens is 439 g/mol. The number of carboxylic acid groups (broad SMARTS) is 1. The van der Waals surface area contributed by atoms with E-state index in [9.17, 15) is 22.8 Å². The van der Waals surface area contributed by atoms with E-state index in [1.165, 1.54) is 48.7 Å². The number of ether oxygens (including phenoxy) is 1. The van der Waals surface area contributed by atoms with E-state index in [0.29, 0.717) is 11.4 Å². The smallest absolute Gasteiger partial charge is 0.417 e. The van der Waals surface area contributed by atoms with E-state index in [1.54, 1.807) is 0 Å². The molecule has 0 bridgehead atoms. The number of hydrogen-bond donors (Lipinski definition) is 3. The summed E-state index contributed by atoms with van der Waals surface area (Å²) in [7, 11) is 0. The van der Waals surface area contributed by atoms with Crippen LogP contribution in [0.4, 0.5) is 29.3 Å². The molecule has 3 aromatic rings. The zero-order valence-corrected chi connectivity index (χ0v) is 16.2. The normalized spacial score (nSPS) is 11.0. The van der Waals surface area contributed by atoms with Gasteiger partial charge in [0.05, 0.1) is 10.6 Å². The maximum Gasteiger partial charge on any atom is 0.417 e. The van der Waals surface area contributed by atoms with Crippen LogP contribution in [0, 0.1) is 0 Å². The number of benzene rings is 2. The van der Waals surface area contributed by atoms with Crippen molar-refractivity contribution in [2.24, 2.45) is 0 Å². The second-order valence-electron chi connectivity index (χ2n) is 6.08. The van der Waals surface area contributed by atoms with E-state index in [2.05, 4.69) is 15.6 Å². The number of aromatic carboxylic acids is 1. The van der Waals surface area contributed by atoms with Crippen LogP contribution in [0.1, 0.15) is 16.1 Å². The van der Waals surface area contributed by atoms with Crippen molar-refractivity contribution >= 4 is 35.0 Å². The lowest BCUT2D eigenvalue weighted by molar-refractivity contribution is -0.137. The Bertz CT molecular complexity index is 1120. The summed E-state index contributed by atoms with van der Waals surface area (Å²) in [4.78, 5) is 26.7. The third kappa shape index (κ3) is 5.86. The van der Waals surface area contributed by atoms with Crippen LogP contribution < -0.4 is 15.4 Å². The summed E-state index contributed by atoms with van der Waals surface area (Å²) in [5, 5.41) is 13.2. The fourth-order valence-corrected chi connectivity index (χ4v) is 2.67. The molecule has 1 aromatic heterocycles. The highest BCUT2D eigenvalue weighted by Crippen LogP contribution is 2.36. The quantitative estimate of drug-likeness (QED) is 0.449. The molecule has 0 saturated carbocycles. The molecule has 0 aliphatic heterocycles. The lowest BCUT2D eigenvalue weighted by Crippen LogP contribution is -2.19. The van der Waals surface area contributed by atoms with E-state index in [0.717, 1.165) is 12.1 Å². The van der Waals surface area contributed by atoms with E-state index in [-0.39, 0.29) is 17.1 Å². The summed E-state index contributed by atoms with van der Waals surface area (Å²) in [6, 6.07) is 11.0. The number of urea groups is 1. The van der Waals surface area contributed by atoms with Crippen LogP contribution in [0.2, 0.25) is 5.02 Å². The van der Waals surface area contributed by atoms with E-state index < -0.39 is 28.8 Å². The minimum absolute atomic E-state index is 0.0823. The van der Waals surface area contributed by atoms with E-state index in [4.69, 9.17) is 21.4 Å². The molecule has 0 fully saturated rings. The van der Waals surface area contributed by atoms with Gasteiger partial charge in [0.2, 0.25) is 0 Å². The number of anilines is 2. The molecule has 2 aromatic carbocycles. The van der Waals surface area contributed by atoms with Crippen molar-refractivity contribution < 1.29 is 32.6 Å². The first kappa shape index (κ1) is 21.9. The van der Waals surface area contributed by atoms with Crippen molar-refractivity contribution in [3.05, 3.63) is 77.1 Å². The summed E-state index contributed by atoms with van der Waals surface area (Å²) in [5.41, 5.74) is -0.976. The Kier molecular flexibility index (Phi) is 6.30. The first-order chi connectivity index (χ1) is 14.6. The lowest BCUT2D eigenvalue weighted by Gasteiger charge is -2.12.